The fraction of sp³-hybridized carbons (Fsp3) is 0.227. The highest BCUT2D eigenvalue weighted by molar-refractivity contribution is 7.19. The monoisotopic (exact) mass is 470 g/mol. The molecule has 2 aromatic heterocycles. The van der Waals surface area contributed by atoms with Crippen molar-refractivity contribution in [2.45, 2.75) is 20.5 Å². The van der Waals surface area contributed by atoms with E-state index in [-0.39, 0.29) is 41.9 Å². The summed E-state index contributed by atoms with van der Waals surface area (Å²) in [6.45, 7) is 3.68. The number of benzene rings is 1. The van der Waals surface area contributed by atoms with E-state index in [0.29, 0.717) is 10.6 Å². The number of rotatable bonds is 8. The van der Waals surface area contributed by atoms with Crippen molar-refractivity contribution in [2.24, 2.45) is 0 Å². The highest BCUT2D eigenvalue weighted by Gasteiger charge is 2.22. The van der Waals surface area contributed by atoms with E-state index in [1.54, 1.807) is 13.8 Å². The third-order valence-corrected chi connectivity index (χ3v) is 5.11. The molecule has 1 aromatic carbocycles. The molecule has 3 N–H and O–H groups in total. The third-order valence-electron chi connectivity index (χ3n) is 4.18. The Hall–Kier alpha value is -3.99. The Bertz CT molecular complexity index is 1150. The minimum absolute atomic E-state index is 0.0110. The van der Waals surface area contributed by atoms with Crippen LogP contribution in [0.5, 0.6) is 0 Å². The van der Waals surface area contributed by atoms with Crippen LogP contribution in [-0.2, 0) is 20.8 Å². The molecule has 0 aliphatic rings. The predicted octanol–water partition coefficient (Wildman–Crippen LogP) is 3.89. The quantitative estimate of drug-likeness (QED) is 0.370. The van der Waals surface area contributed by atoms with Crippen molar-refractivity contribution in [3.05, 3.63) is 59.5 Å². The lowest BCUT2D eigenvalue weighted by Gasteiger charge is -2.11. The Kier molecular flexibility index (Phi) is 7.92. The Morgan fingerprint density at radius 3 is 2.33 bits per heavy atom. The number of aromatic nitrogens is 2. The van der Waals surface area contributed by atoms with Crippen molar-refractivity contribution in [2.75, 3.05) is 24.3 Å². The maximum atomic E-state index is 12.4. The number of hydrogen-bond donors (Lipinski definition) is 2. The summed E-state index contributed by atoms with van der Waals surface area (Å²) in [6.07, 6.45) is 0.592. The zero-order valence-electron chi connectivity index (χ0n) is 18.0. The van der Waals surface area contributed by atoms with E-state index in [2.05, 4.69) is 15.3 Å². The number of anilines is 2. The average molecular weight is 471 g/mol. The minimum atomic E-state index is -0.783. The lowest BCUT2D eigenvalue weighted by atomic mass is 10.2. The zero-order valence-corrected chi connectivity index (χ0v) is 18.8. The van der Waals surface area contributed by atoms with Gasteiger partial charge in [0.1, 0.15) is 16.6 Å². The Morgan fingerprint density at radius 1 is 1.00 bits per heavy atom. The number of carbonyl (C=O) groups excluding carboxylic acids is 3. The van der Waals surface area contributed by atoms with E-state index in [4.69, 9.17) is 19.9 Å². The summed E-state index contributed by atoms with van der Waals surface area (Å²) in [5, 5.41) is 3.06. The SMILES string of the molecule is CCOC(=O)c1ncc(-c2nc(C(=O)OCC)c(N)s2)cc1NC(=O)OCc1ccccc1. The van der Waals surface area contributed by atoms with Crippen molar-refractivity contribution in [1.82, 2.24) is 9.97 Å². The molecule has 0 saturated heterocycles. The van der Waals surface area contributed by atoms with Crippen molar-refractivity contribution in [3.63, 3.8) is 0 Å². The van der Waals surface area contributed by atoms with Gasteiger partial charge in [0.25, 0.3) is 0 Å². The predicted molar refractivity (Wildman–Crippen MR) is 122 cm³/mol. The molecule has 0 aliphatic carbocycles. The van der Waals surface area contributed by atoms with E-state index in [1.807, 2.05) is 30.3 Å². The molecule has 3 aromatic rings. The van der Waals surface area contributed by atoms with E-state index in [1.165, 1.54) is 12.3 Å². The largest absolute Gasteiger partial charge is 0.461 e. The second-order valence-electron chi connectivity index (χ2n) is 6.48. The van der Waals surface area contributed by atoms with Crippen LogP contribution in [0.1, 0.15) is 40.4 Å². The standard InChI is InChI=1S/C22H22N4O6S/c1-3-30-20(27)16-15(25-22(29)32-12-13-8-6-5-7-9-13)10-14(11-24-16)19-26-17(18(23)33-19)21(28)31-4-2/h5-11H,3-4,12,23H2,1-2H3,(H,25,29). The van der Waals surface area contributed by atoms with Gasteiger partial charge in [0.15, 0.2) is 11.4 Å². The molecule has 0 bridgehead atoms. The number of ether oxygens (including phenoxy) is 3. The third kappa shape index (κ3) is 6.04. The summed E-state index contributed by atoms with van der Waals surface area (Å²) in [7, 11) is 0. The van der Waals surface area contributed by atoms with Gasteiger partial charge in [-0.05, 0) is 25.5 Å². The van der Waals surface area contributed by atoms with Crippen LogP contribution < -0.4 is 11.1 Å². The second-order valence-corrected chi connectivity index (χ2v) is 7.51. The number of esters is 2. The molecular formula is C22H22N4O6S. The van der Waals surface area contributed by atoms with Gasteiger partial charge in [-0.1, -0.05) is 41.7 Å². The Labute approximate surface area is 193 Å². The zero-order chi connectivity index (χ0) is 23.8. The molecule has 33 heavy (non-hydrogen) atoms. The number of carbonyl (C=O) groups is 3. The van der Waals surface area contributed by atoms with Gasteiger partial charge in [0.05, 0.1) is 18.9 Å². The van der Waals surface area contributed by atoms with Crippen LogP contribution in [-0.4, -0.2) is 41.2 Å². The van der Waals surface area contributed by atoms with Gasteiger partial charge in [0, 0.05) is 11.8 Å². The maximum absolute atomic E-state index is 12.4. The molecular weight excluding hydrogens is 448 g/mol. The first-order chi connectivity index (χ1) is 15.9. The van der Waals surface area contributed by atoms with Crippen LogP contribution in [0.15, 0.2) is 42.6 Å². The summed E-state index contributed by atoms with van der Waals surface area (Å²) in [4.78, 5) is 45.1. The van der Waals surface area contributed by atoms with Gasteiger partial charge in [-0.2, -0.15) is 0 Å². The van der Waals surface area contributed by atoms with Crippen LogP contribution in [0.25, 0.3) is 10.6 Å². The van der Waals surface area contributed by atoms with Crippen molar-refractivity contribution in [3.8, 4) is 10.6 Å². The fourth-order valence-electron chi connectivity index (χ4n) is 2.71. The molecule has 10 nitrogen and oxygen atoms in total. The molecule has 0 aliphatic heterocycles. The second kappa shape index (κ2) is 11.0. The van der Waals surface area contributed by atoms with E-state index in [0.717, 1.165) is 16.9 Å². The summed E-state index contributed by atoms with van der Waals surface area (Å²) in [5.41, 5.74) is 7.09. The van der Waals surface area contributed by atoms with Gasteiger partial charge in [-0.25, -0.2) is 24.4 Å². The van der Waals surface area contributed by atoms with Crippen molar-refractivity contribution in [1.29, 1.82) is 0 Å². The molecule has 0 unspecified atom stereocenters. The molecule has 0 spiro atoms. The first-order valence-electron chi connectivity index (χ1n) is 10.0. The first-order valence-corrected chi connectivity index (χ1v) is 10.8. The molecule has 2 heterocycles. The first kappa shape index (κ1) is 23.7. The Morgan fingerprint density at radius 2 is 1.67 bits per heavy atom. The fourth-order valence-corrected chi connectivity index (χ4v) is 3.51. The lowest BCUT2D eigenvalue weighted by molar-refractivity contribution is 0.0512. The number of pyridine rings is 1. The van der Waals surface area contributed by atoms with Gasteiger partial charge < -0.3 is 19.9 Å². The van der Waals surface area contributed by atoms with Crippen molar-refractivity contribution < 1.29 is 28.6 Å². The Balaban J connectivity index is 1.86. The van der Waals surface area contributed by atoms with Gasteiger partial charge in [0.2, 0.25) is 0 Å². The van der Waals surface area contributed by atoms with E-state index >= 15 is 0 Å². The molecule has 1 amide bonds. The van der Waals surface area contributed by atoms with Crippen LogP contribution >= 0.6 is 11.3 Å². The van der Waals surface area contributed by atoms with Crippen LogP contribution in [0.3, 0.4) is 0 Å². The molecule has 0 saturated carbocycles. The molecule has 3 rings (SSSR count). The number of hydrogen-bond acceptors (Lipinski definition) is 10. The van der Waals surface area contributed by atoms with Crippen molar-refractivity contribution >= 4 is 40.1 Å². The summed E-state index contributed by atoms with van der Waals surface area (Å²) >= 11 is 1.05. The van der Waals surface area contributed by atoms with E-state index < -0.39 is 18.0 Å². The van der Waals surface area contributed by atoms with Crippen LogP contribution in [0.2, 0.25) is 0 Å². The van der Waals surface area contributed by atoms with Gasteiger partial charge >= 0.3 is 18.0 Å². The number of amides is 1. The number of thiazole rings is 1. The molecule has 0 fully saturated rings. The smallest absolute Gasteiger partial charge is 0.412 e. The number of nitrogen functional groups attached to an aromatic ring is 1. The number of nitrogens with one attached hydrogen (secondary N) is 1. The summed E-state index contributed by atoms with van der Waals surface area (Å²) < 4.78 is 15.2. The van der Waals surface area contributed by atoms with Gasteiger partial charge in [-0.3, -0.25) is 5.32 Å². The lowest BCUT2D eigenvalue weighted by Crippen LogP contribution is -2.18. The average Bonchev–Trinajstić information content (AvgIpc) is 3.20. The molecule has 11 heteroatoms. The summed E-state index contributed by atoms with van der Waals surface area (Å²) in [6, 6.07) is 10.6. The number of nitrogens with two attached hydrogens (primary N) is 1. The molecule has 0 atom stereocenters. The van der Waals surface area contributed by atoms with E-state index in [9.17, 15) is 14.4 Å². The topological polar surface area (TPSA) is 143 Å². The molecule has 0 radical (unpaired) electrons. The minimum Gasteiger partial charge on any atom is -0.461 e. The van der Waals surface area contributed by atoms with Crippen LogP contribution in [0.4, 0.5) is 15.5 Å². The normalized spacial score (nSPS) is 10.4. The van der Waals surface area contributed by atoms with Gasteiger partial charge in [-0.15, -0.1) is 0 Å². The number of nitrogens with zero attached hydrogens (tertiary/aromatic N) is 2. The highest BCUT2D eigenvalue weighted by atomic mass is 32.1. The molecule has 172 valence electrons. The highest BCUT2D eigenvalue weighted by Crippen LogP contribution is 2.32. The van der Waals surface area contributed by atoms with Crippen LogP contribution in [0, 0.1) is 0 Å². The maximum Gasteiger partial charge on any atom is 0.412 e. The summed E-state index contributed by atoms with van der Waals surface area (Å²) in [5.74, 6) is -1.36.